The summed E-state index contributed by atoms with van der Waals surface area (Å²) in [6.45, 7) is 0. The van der Waals surface area contributed by atoms with Gasteiger partial charge in [0, 0.05) is 0 Å². The molecule has 0 saturated heterocycles. The summed E-state index contributed by atoms with van der Waals surface area (Å²) in [7, 11) is 0. The Morgan fingerprint density at radius 1 is 1.11 bits per heavy atom. The number of carbonyl (C=O) groups excluding carboxylic acids is 1. The van der Waals surface area contributed by atoms with Gasteiger partial charge in [-0.05, 0) is 30.3 Å². The maximum absolute atomic E-state index is 13.4. The number of amides is 1. The van der Waals surface area contributed by atoms with Crippen LogP contribution in [-0.2, 0) is 0 Å². The Hall–Kier alpha value is -2.43. The molecule has 0 spiro atoms. The van der Waals surface area contributed by atoms with E-state index in [4.69, 9.17) is 5.73 Å². The van der Waals surface area contributed by atoms with E-state index in [9.17, 15) is 13.6 Å². The Morgan fingerprint density at radius 3 is 2.50 bits per heavy atom. The van der Waals surface area contributed by atoms with Gasteiger partial charge in [-0.25, -0.2) is 8.78 Å². The molecule has 18 heavy (non-hydrogen) atoms. The molecule has 3 nitrogen and oxygen atoms in total. The standard InChI is InChI=1S/C13H10F2N2O/c14-8-5-6-12(11(16)7-8)17-13(18)9-3-1-2-4-10(9)15/h1-7H,16H2,(H,17,18). The summed E-state index contributed by atoms with van der Waals surface area (Å²) in [4.78, 5) is 11.8. The number of hydrogen-bond acceptors (Lipinski definition) is 2. The maximum Gasteiger partial charge on any atom is 0.258 e. The molecule has 0 aromatic heterocycles. The second kappa shape index (κ2) is 4.83. The van der Waals surface area contributed by atoms with Gasteiger partial charge in [0.1, 0.15) is 11.6 Å². The van der Waals surface area contributed by atoms with Gasteiger partial charge in [-0.3, -0.25) is 4.79 Å². The first kappa shape index (κ1) is 12.0. The second-order valence-corrected chi connectivity index (χ2v) is 3.67. The van der Waals surface area contributed by atoms with E-state index in [-0.39, 0.29) is 16.9 Å². The molecule has 0 aliphatic carbocycles. The van der Waals surface area contributed by atoms with Crippen molar-refractivity contribution in [2.45, 2.75) is 0 Å². The van der Waals surface area contributed by atoms with Gasteiger partial charge in [0.2, 0.25) is 0 Å². The summed E-state index contributed by atoms with van der Waals surface area (Å²) in [5.41, 5.74) is 5.76. The third-order valence-electron chi connectivity index (χ3n) is 2.38. The van der Waals surface area contributed by atoms with Crippen molar-refractivity contribution in [1.29, 1.82) is 0 Å². The van der Waals surface area contributed by atoms with Gasteiger partial charge in [0.05, 0.1) is 16.9 Å². The maximum atomic E-state index is 13.4. The molecule has 3 N–H and O–H groups in total. The molecule has 0 saturated carbocycles. The molecule has 0 fully saturated rings. The lowest BCUT2D eigenvalue weighted by Crippen LogP contribution is -2.14. The molecule has 0 bridgehead atoms. The first-order valence-electron chi connectivity index (χ1n) is 5.19. The van der Waals surface area contributed by atoms with Crippen molar-refractivity contribution in [3.63, 3.8) is 0 Å². The highest BCUT2D eigenvalue weighted by molar-refractivity contribution is 6.05. The second-order valence-electron chi connectivity index (χ2n) is 3.67. The van der Waals surface area contributed by atoms with Crippen LogP contribution < -0.4 is 11.1 Å². The molecule has 2 aromatic carbocycles. The third kappa shape index (κ3) is 2.45. The lowest BCUT2D eigenvalue weighted by molar-refractivity contribution is 0.102. The van der Waals surface area contributed by atoms with Crippen LogP contribution >= 0.6 is 0 Å². The monoisotopic (exact) mass is 248 g/mol. The third-order valence-corrected chi connectivity index (χ3v) is 2.38. The zero-order valence-electron chi connectivity index (χ0n) is 9.28. The number of halogens is 2. The number of nitrogen functional groups attached to an aromatic ring is 1. The van der Waals surface area contributed by atoms with Crippen LogP contribution in [0.3, 0.4) is 0 Å². The van der Waals surface area contributed by atoms with Crippen molar-refractivity contribution in [3.05, 3.63) is 59.7 Å². The fourth-order valence-electron chi connectivity index (χ4n) is 1.48. The predicted octanol–water partition coefficient (Wildman–Crippen LogP) is 2.80. The molecule has 1 amide bonds. The van der Waals surface area contributed by atoms with E-state index < -0.39 is 17.5 Å². The van der Waals surface area contributed by atoms with Gasteiger partial charge in [0.25, 0.3) is 5.91 Å². The first-order chi connectivity index (χ1) is 8.58. The van der Waals surface area contributed by atoms with Crippen LogP contribution in [0.1, 0.15) is 10.4 Å². The Bertz CT molecular complexity index is 599. The topological polar surface area (TPSA) is 55.1 Å². The Morgan fingerprint density at radius 2 is 1.83 bits per heavy atom. The van der Waals surface area contributed by atoms with Crippen LogP contribution in [0.4, 0.5) is 20.2 Å². The normalized spacial score (nSPS) is 10.1. The average molecular weight is 248 g/mol. The molecule has 0 aliphatic rings. The largest absolute Gasteiger partial charge is 0.397 e. The van der Waals surface area contributed by atoms with Gasteiger partial charge in [0.15, 0.2) is 0 Å². The van der Waals surface area contributed by atoms with Crippen LogP contribution in [0, 0.1) is 11.6 Å². The van der Waals surface area contributed by atoms with Crippen molar-refractivity contribution >= 4 is 17.3 Å². The molecule has 0 aliphatic heterocycles. The van der Waals surface area contributed by atoms with Gasteiger partial charge >= 0.3 is 0 Å². The van der Waals surface area contributed by atoms with Gasteiger partial charge in [-0.1, -0.05) is 12.1 Å². The summed E-state index contributed by atoms with van der Waals surface area (Å²) in [5, 5.41) is 2.42. The van der Waals surface area contributed by atoms with Crippen LogP contribution in [-0.4, -0.2) is 5.91 Å². The van der Waals surface area contributed by atoms with Crippen molar-refractivity contribution in [3.8, 4) is 0 Å². The van der Waals surface area contributed by atoms with E-state index in [1.54, 1.807) is 6.07 Å². The molecule has 2 rings (SSSR count). The average Bonchev–Trinajstić information content (AvgIpc) is 2.33. The van der Waals surface area contributed by atoms with E-state index in [2.05, 4.69) is 5.32 Å². The van der Waals surface area contributed by atoms with Crippen LogP contribution in [0.15, 0.2) is 42.5 Å². The van der Waals surface area contributed by atoms with E-state index in [1.165, 1.54) is 24.3 Å². The van der Waals surface area contributed by atoms with Crippen LogP contribution in [0.25, 0.3) is 0 Å². The lowest BCUT2D eigenvalue weighted by Gasteiger charge is -2.08. The fourth-order valence-corrected chi connectivity index (χ4v) is 1.48. The SMILES string of the molecule is Nc1cc(F)ccc1NC(=O)c1ccccc1F. The van der Waals surface area contributed by atoms with E-state index >= 15 is 0 Å². The highest BCUT2D eigenvalue weighted by atomic mass is 19.1. The Balaban J connectivity index is 2.24. The first-order valence-corrected chi connectivity index (χ1v) is 5.19. The van der Waals surface area contributed by atoms with Crippen molar-refractivity contribution in [1.82, 2.24) is 0 Å². The predicted molar refractivity (Wildman–Crippen MR) is 65.2 cm³/mol. The zero-order chi connectivity index (χ0) is 13.1. The molecule has 5 heteroatoms. The van der Waals surface area contributed by atoms with Gasteiger partial charge in [-0.15, -0.1) is 0 Å². The molecule has 0 unspecified atom stereocenters. The lowest BCUT2D eigenvalue weighted by atomic mass is 10.2. The van der Waals surface area contributed by atoms with Crippen molar-refractivity contribution < 1.29 is 13.6 Å². The number of hydrogen-bond donors (Lipinski definition) is 2. The van der Waals surface area contributed by atoms with E-state index in [0.29, 0.717) is 0 Å². The number of rotatable bonds is 2. The summed E-state index contributed by atoms with van der Waals surface area (Å²) in [6.07, 6.45) is 0. The Labute approximate surface area is 102 Å². The molecule has 0 atom stereocenters. The highest BCUT2D eigenvalue weighted by Gasteiger charge is 2.12. The number of anilines is 2. The summed E-state index contributed by atoms with van der Waals surface area (Å²) < 4.78 is 26.2. The van der Waals surface area contributed by atoms with Crippen molar-refractivity contribution in [2.75, 3.05) is 11.1 Å². The Kier molecular flexibility index (Phi) is 3.23. The molecular weight excluding hydrogens is 238 g/mol. The summed E-state index contributed by atoms with van der Waals surface area (Å²) >= 11 is 0. The minimum absolute atomic E-state index is 0.0830. The number of benzene rings is 2. The number of nitrogens with two attached hydrogens (primary N) is 1. The molecule has 2 aromatic rings. The number of nitrogens with one attached hydrogen (secondary N) is 1. The molecule has 92 valence electrons. The van der Waals surface area contributed by atoms with Crippen molar-refractivity contribution in [2.24, 2.45) is 0 Å². The minimum atomic E-state index is -0.633. The number of carbonyl (C=O) groups is 1. The zero-order valence-corrected chi connectivity index (χ0v) is 9.28. The van der Waals surface area contributed by atoms with Gasteiger partial charge in [-0.2, -0.15) is 0 Å². The fraction of sp³-hybridized carbons (Fsp3) is 0. The molecule has 0 heterocycles. The molecular formula is C13H10F2N2O. The quantitative estimate of drug-likeness (QED) is 0.803. The van der Waals surface area contributed by atoms with Crippen LogP contribution in [0.5, 0.6) is 0 Å². The molecule has 0 radical (unpaired) electrons. The minimum Gasteiger partial charge on any atom is -0.397 e. The van der Waals surface area contributed by atoms with Crippen LogP contribution in [0.2, 0.25) is 0 Å². The van der Waals surface area contributed by atoms with E-state index in [0.717, 1.165) is 12.1 Å². The summed E-state index contributed by atoms with van der Waals surface area (Å²) in [5.74, 6) is -1.77. The summed E-state index contributed by atoms with van der Waals surface area (Å²) in [6, 6.07) is 9.13. The highest BCUT2D eigenvalue weighted by Crippen LogP contribution is 2.20. The van der Waals surface area contributed by atoms with E-state index in [1.807, 2.05) is 0 Å². The van der Waals surface area contributed by atoms with Gasteiger partial charge < -0.3 is 11.1 Å². The smallest absolute Gasteiger partial charge is 0.258 e.